The van der Waals surface area contributed by atoms with Crippen LogP contribution in [0, 0.1) is 6.92 Å². The number of pyridine rings is 1. The van der Waals surface area contributed by atoms with Crippen LogP contribution in [0.1, 0.15) is 52.2 Å². The number of imidazole rings is 1. The Balaban J connectivity index is 1.19. The summed E-state index contributed by atoms with van der Waals surface area (Å²) >= 11 is 3.46. The van der Waals surface area contributed by atoms with Crippen LogP contribution in [0.3, 0.4) is 0 Å². The van der Waals surface area contributed by atoms with Gasteiger partial charge in [-0.1, -0.05) is 12.1 Å². The summed E-state index contributed by atoms with van der Waals surface area (Å²) in [5.74, 6) is -0.0729. The van der Waals surface area contributed by atoms with Crippen molar-refractivity contribution in [2.75, 3.05) is 0 Å². The Morgan fingerprint density at radius 3 is 2.70 bits per heavy atom. The van der Waals surface area contributed by atoms with Gasteiger partial charge in [-0.2, -0.15) is 0 Å². The molecule has 1 aromatic carbocycles. The molecule has 2 aliphatic rings. The van der Waals surface area contributed by atoms with Crippen LogP contribution in [0.2, 0.25) is 0 Å². The number of aromatic amines is 1. The number of para-hydroxylation sites is 1. The Labute approximate surface area is 199 Å². The fourth-order valence-corrected chi connectivity index (χ4v) is 5.93. The molecule has 4 aromatic rings. The van der Waals surface area contributed by atoms with Gasteiger partial charge < -0.3 is 19.6 Å². The number of benzene rings is 1. The number of rotatable bonds is 3. The van der Waals surface area contributed by atoms with Gasteiger partial charge in [0.05, 0.1) is 11.1 Å². The number of nitrogens with one attached hydrogen (secondary N) is 2. The summed E-state index contributed by atoms with van der Waals surface area (Å²) in [6.07, 6.45) is 7.18. The molecule has 0 saturated carbocycles. The SMILES string of the molecule is Cc1cc2cccc(C(=O)NC3CC4CCC(C3)N4C(=O)c3cn4cc(Br)ccc4n3)c2[nH]1. The molecule has 2 unspecified atom stereocenters. The highest BCUT2D eigenvalue weighted by Gasteiger charge is 2.44. The molecule has 2 atom stereocenters. The van der Waals surface area contributed by atoms with Crippen LogP contribution in [0.5, 0.6) is 0 Å². The topological polar surface area (TPSA) is 82.5 Å². The van der Waals surface area contributed by atoms with Crippen molar-refractivity contribution in [3.63, 3.8) is 0 Å². The van der Waals surface area contributed by atoms with Crippen molar-refractivity contribution in [2.45, 2.75) is 50.7 Å². The van der Waals surface area contributed by atoms with Crippen molar-refractivity contribution >= 4 is 44.3 Å². The van der Waals surface area contributed by atoms with Crippen molar-refractivity contribution in [3.8, 4) is 0 Å². The molecule has 0 radical (unpaired) electrons. The van der Waals surface area contributed by atoms with E-state index in [1.807, 2.05) is 52.8 Å². The van der Waals surface area contributed by atoms with Gasteiger partial charge in [-0.25, -0.2) is 4.98 Å². The number of hydrogen-bond donors (Lipinski definition) is 2. The van der Waals surface area contributed by atoms with E-state index >= 15 is 0 Å². The number of piperidine rings is 1. The van der Waals surface area contributed by atoms with Gasteiger partial charge in [0.25, 0.3) is 11.8 Å². The molecular formula is C25H24BrN5O2. The summed E-state index contributed by atoms with van der Waals surface area (Å²) in [7, 11) is 0. The monoisotopic (exact) mass is 505 g/mol. The second-order valence-corrected chi connectivity index (χ2v) is 10.1. The van der Waals surface area contributed by atoms with Gasteiger partial charge in [0.2, 0.25) is 0 Å². The molecule has 5 heterocycles. The number of hydrogen-bond acceptors (Lipinski definition) is 3. The summed E-state index contributed by atoms with van der Waals surface area (Å²) in [6, 6.07) is 12.0. The van der Waals surface area contributed by atoms with Crippen molar-refractivity contribution in [2.24, 2.45) is 0 Å². The zero-order valence-electron chi connectivity index (χ0n) is 18.2. The van der Waals surface area contributed by atoms with Gasteiger partial charge in [0, 0.05) is 46.1 Å². The molecule has 2 aliphatic heterocycles. The summed E-state index contributed by atoms with van der Waals surface area (Å²) in [5.41, 5.74) is 3.81. The molecule has 0 spiro atoms. The maximum atomic E-state index is 13.4. The fourth-order valence-electron chi connectivity index (χ4n) is 5.58. The first-order valence-electron chi connectivity index (χ1n) is 11.3. The van der Waals surface area contributed by atoms with Crippen LogP contribution < -0.4 is 5.32 Å². The number of halogens is 1. The molecule has 2 amide bonds. The molecule has 8 heteroatoms. The molecule has 7 nitrogen and oxygen atoms in total. The number of aromatic nitrogens is 3. The minimum Gasteiger partial charge on any atom is -0.358 e. The number of carbonyl (C=O) groups is 2. The molecule has 2 fully saturated rings. The Kier molecular flexibility index (Phi) is 4.79. The third-order valence-electron chi connectivity index (χ3n) is 6.97. The fraction of sp³-hybridized carbons (Fsp3) is 0.320. The van der Waals surface area contributed by atoms with Crippen LogP contribution in [0.15, 0.2) is 53.3 Å². The van der Waals surface area contributed by atoms with Crippen LogP contribution in [0.25, 0.3) is 16.6 Å². The van der Waals surface area contributed by atoms with Gasteiger partial charge in [0.1, 0.15) is 11.3 Å². The highest BCUT2D eigenvalue weighted by Crippen LogP contribution is 2.37. The zero-order chi connectivity index (χ0) is 22.7. The lowest BCUT2D eigenvalue weighted by atomic mass is 9.96. The molecule has 2 N–H and O–H groups in total. The lowest BCUT2D eigenvalue weighted by Crippen LogP contribution is -2.52. The Hall–Kier alpha value is -3.13. The standard InChI is InChI=1S/C25H24BrN5O2/c1-14-9-15-3-2-4-20(23(15)27-14)24(32)28-17-10-18-6-7-19(11-17)31(18)25(33)21-13-30-12-16(26)5-8-22(30)29-21/h2-5,8-9,12-13,17-19,27H,6-7,10-11H2,1H3,(H,28,32). The largest absolute Gasteiger partial charge is 0.358 e. The van der Waals surface area contributed by atoms with Gasteiger partial charge in [0.15, 0.2) is 0 Å². The van der Waals surface area contributed by atoms with Crippen LogP contribution in [-0.4, -0.2) is 49.2 Å². The van der Waals surface area contributed by atoms with Crippen molar-refractivity contribution < 1.29 is 9.59 Å². The summed E-state index contributed by atoms with van der Waals surface area (Å²) < 4.78 is 2.81. The number of carbonyl (C=O) groups excluding carboxylic acids is 2. The first-order chi connectivity index (χ1) is 16.0. The summed E-state index contributed by atoms with van der Waals surface area (Å²) in [5, 5.41) is 4.28. The van der Waals surface area contributed by atoms with E-state index in [1.165, 1.54) is 0 Å². The molecule has 0 aliphatic carbocycles. The molecule has 3 aromatic heterocycles. The van der Waals surface area contributed by atoms with E-state index in [4.69, 9.17) is 0 Å². The average molecular weight is 506 g/mol. The first kappa shape index (κ1) is 20.5. The van der Waals surface area contributed by atoms with Crippen molar-refractivity contribution in [1.29, 1.82) is 0 Å². The Morgan fingerprint density at radius 1 is 1.12 bits per heavy atom. The summed E-state index contributed by atoms with van der Waals surface area (Å²) in [6.45, 7) is 1.99. The number of nitrogens with zero attached hydrogens (tertiary/aromatic N) is 3. The van der Waals surface area contributed by atoms with Crippen LogP contribution >= 0.6 is 15.9 Å². The quantitative estimate of drug-likeness (QED) is 0.431. The number of aryl methyl sites for hydroxylation is 1. The summed E-state index contributed by atoms with van der Waals surface area (Å²) in [4.78, 5) is 36.3. The zero-order valence-corrected chi connectivity index (χ0v) is 19.8. The van der Waals surface area contributed by atoms with E-state index in [2.05, 4.69) is 37.3 Å². The third-order valence-corrected chi connectivity index (χ3v) is 7.44. The van der Waals surface area contributed by atoms with Gasteiger partial charge >= 0.3 is 0 Å². The maximum Gasteiger partial charge on any atom is 0.274 e. The minimum absolute atomic E-state index is 0.0151. The van der Waals surface area contributed by atoms with E-state index in [0.717, 1.165) is 52.4 Å². The van der Waals surface area contributed by atoms with Gasteiger partial charge in [-0.15, -0.1) is 0 Å². The predicted octanol–water partition coefficient (Wildman–Crippen LogP) is 4.45. The minimum atomic E-state index is -0.0578. The highest BCUT2D eigenvalue weighted by molar-refractivity contribution is 9.10. The predicted molar refractivity (Wildman–Crippen MR) is 129 cm³/mol. The smallest absolute Gasteiger partial charge is 0.274 e. The molecular weight excluding hydrogens is 482 g/mol. The first-order valence-corrected chi connectivity index (χ1v) is 12.1. The van der Waals surface area contributed by atoms with E-state index in [1.54, 1.807) is 6.20 Å². The van der Waals surface area contributed by atoms with E-state index in [9.17, 15) is 9.59 Å². The number of amides is 2. The molecule has 6 rings (SSSR count). The lowest BCUT2D eigenvalue weighted by Gasteiger charge is -2.39. The van der Waals surface area contributed by atoms with E-state index in [-0.39, 0.29) is 29.9 Å². The van der Waals surface area contributed by atoms with Gasteiger partial charge in [-0.3, -0.25) is 9.59 Å². The average Bonchev–Trinajstić information content (AvgIpc) is 3.45. The molecule has 33 heavy (non-hydrogen) atoms. The second kappa shape index (κ2) is 7.73. The highest BCUT2D eigenvalue weighted by atomic mass is 79.9. The van der Waals surface area contributed by atoms with Crippen LogP contribution in [-0.2, 0) is 0 Å². The maximum absolute atomic E-state index is 13.4. The Bertz CT molecular complexity index is 1390. The van der Waals surface area contributed by atoms with Crippen molar-refractivity contribution in [1.82, 2.24) is 24.6 Å². The normalized spacial score (nSPS) is 22.2. The van der Waals surface area contributed by atoms with Gasteiger partial charge in [-0.05, 0) is 72.8 Å². The number of fused-ring (bicyclic) bond motifs is 4. The second-order valence-electron chi connectivity index (χ2n) is 9.20. The van der Waals surface area contributed by atoms with Crippen molar-refractivity contribution in [3.05, 3.63) is 70.2 Å². The molecule has 168 valence electrons. The number of H-pyrrole nitrogens is 1. The lowest BCUT2D eigenvalue weighted by molar-refractivity contribution is 0.0544. The molecule has 2 saturated heterocycles. The Morgan fingerprint density at radius 2 is 1.91 bits per heavy atom. The van der Waals surface area contributed by atoms with E-state index < -0.39 is 0 Å². The van der Waals surface area contributed by atoms with E-state index in [0.29, 0.717) is 11.3 Å². The third kappa shape index (κ3) is 3.53. The molecule has 2 bridgehead atoms. The van der Waals surface area contributed by atoms with Crippen LogP contribution in [0.4, 0.5) is 0 Å².